The zero-order valence-corrected chi connectivity index (χ0v) is 17.6. The summed E-state index contributed by atoms with van der Waals surface area (Å²) >= 11 is 0. The van der Waals surface area contributed by atoms with Gasteiger partial charge in [-0.1, -0.05) is 0 Å². The van der Waals surface area contributed by atoms with Crippen LogP contribution in [-0.4, -0.2) is 57.0 Å². The lowest BCUT2D eigenvalue weighted by atomic mass is 10.1. The molecule has 1 amide bonds. The second kappa shape index (κ2) is 9.26. The summed E-state index contributed by atoms with van der Waals surface area (Å²) in [4.78, 5) is 16.4. The van der Waals surface area contributed by atoms with E-state index in [1.54, 1.807) is 6.07 Å². The first-order valence-electron chi connectivity index (χ1n) is 10.6. The second-order valence-corrected chi connectivity index (χ2v) is 7.43. The Morgan fingerprint density at radius 3 is 2.47 bits per heavy atom. The summed E-state index contributed by atoms with van der Waals surface area (Å²) in [6, 6.07) is 11.6. The van der Waals surface area contributed by atoms with Gasteiger partial charge in [-0.25, -0.2) is 0 Å². The van der Waals surface area contributed by atoms with E-state index in [0.717, 1.165) is 44.2 Å². The van der Waals surface area contributed by atoms with Crippen molar-refractivity contribution in [3.8, 4) is 23.0 Å². The maximum Gasteiger partial charge on any atom is 0.254 e. The maximum absolute atomic E-state index is 13.0. The summed E-state index contributed by atoms with van der Waals surface area (Å²) in [7, 11) is 0. The number of fused-ring (bicyclic) bond motifs is 1. The number of hydrogen-bond donors (Lipinski definition) is 1. The summed E-state index contributed by atoms with van der Waals surface area (Å²) in [6.07, 6.45) is 0. The standard InChI is InChI=1S/C23H28N2O5/c1-3-27-19-8-6-18(14-22(19)28-4-2)23(26)25-11-9-24(10-12-25)15-17-5-7-20-21(13-17)30-16-29-20/h5-8,13-14H,3-4,9-12,15-16H2,1-2H3/p+1. The van der Waals surface area contributed by atoms with E-state index in [1.165, 1.54) is 10.5 Å². The quantitative estimate of drug-likeness (QED) is 0.750. The van der Waals surface area contributed by atoms with Crippen LogP contribution in [0.3, 0.4) is 0 Å². The average molecular weight is 413 g/mol. The monoisotopic (exact) mass is 413 g/mol. The fourth-order valence-corrected chi connectivity index (χ4v) is 3.91. The van der Waals surface area contributed by atoms with Gasteiger partial charge < -0.3 is 28.7 Å². The lowest BCUT2D eigenvalue weighted by molar-refractivity contribution is -0.917. The van der Waals surface area contributed by atoms with Gasteiger partial charge in [0.05, 0.1) is 39.4 Å². The van der Waals surface area contributed by atoms with E-state index >= 15 is 0 Å². The van der Waals surface area contributed by atoms with E-state index in [1.807, 2.05) is 36.9 Å². The Balaban J connectivity index is 1.35. The van der Waals surface area contributed by atoms with Crippen molar-refractivity contribution in [1.82, 2.24) is 4.90 Å². The van der Waals surface area contributed by atoms with E-state index < -0.39 is 0 Å². The molecule has 2 aliphatic rings. The summed E-state index contributed by atoms with van der Waals surface area (Å²) in [6.45, 7) is 9.43. The van der Waals surface area contributed by atoms with Crippen molar-refractivity contribution >= 4 is 5.91 Å². The Kier molecular flexibility index (Phi) is 6.28. The molecule has 0 atom stereocenters. The Morgan fingerprint density at radius 1 is 0.967 bits per heavy atom. The molecule has 2 aromatic rings. The van der Waals surface area contributed by atoms with Crippen LogP contribution in [-0.2, 0) is 6.54 Å². The number of nitrogens with one attached hydrogen (secondary N) is 1. The van der Waals surface area contributed by atoms with Crippen molar-refractivity contribution in [3.05, 3.63) is 47.5 Å². The average Bonchev–Trinajstić information content (AvgIpc) is 3.23. The summed E-state index contributed by atoms with van der Waals surface area (Å²) in [5.74, 6) is 2.97. The van der Waals surface area contributed by atoms with Crippen molar-refractivity contribution < 1.29 is 28.6 Å². The topological polar surface area (TPSA) is 61.7 Å². The zero-order chi connectivity index (χ0) is 20.9. The van der Waals surface area contributed by atoms with Gasteiger partial charge >= 0.3 is 0 Å². The third-order valence-corrected chi connectivity index (χ3v) is 5.44. The summed E-state index contributed by atoms with van der Waals surface area (Å²) in [5.41, 5.74) is 1.86. The van der Waals surface area contributed by atoms with E-state index in [9.17, 15) is 4.79 Å². The van der Waals surface area contributed by atoms with Gasteiger partial charge in [-0.2, -0.15) is 0 Å². The molecular formula is C23H29N2O5+. The van der Waals surface area contributed by atoms with E-state index in [2.05, 4.69) is 12.1 Å². The number of ether oxygens (including phenoxy) is 4. The first kappa shape index (κ1) is 20.3. The van der Waals surface area contributed by atoms with Gasteiger partial charge in [0, 0.05) is 11.1 Å². The predicted molar refractivity (Wildman–Crippen MR) is 112 cm³/mol. The van der Waals surface area contributed by atoms with Crippen LogP contribution in [0.2, 0.25) is 0 Å². The molecular weight excluding hydrogens is 384 g/mol. The van der Waals surface area contributed by atoms with Crippen molar-refractivity contribution in [1.29, 1.82) is 0 Å². The highest BCUT2D eigenvalue weighted by Crippen LogP contribution is 2.32. The van der Waals surface area contributed by atoms with Crippen molar-refractivity contribution in [2.75, 3.05) is 46.2 Å². The first-order valence-corrected chi connectivity index (χ1v) is 10.6. The maximum atomic E-state index is 13.0. The second-order valence-electron chi connectivity index (χ2n) is 7.43. The van der Waals surface area contributed by atoms with Crippen LogP contribution in [0.1, 0.15) is 29.8 Å². The van der Waals surface area contributed by atoms with Gasteiger partial charge in [0.1, 0.15) is 6.54 Å². The number of nitrogens with zero attached hydrogens (tertiary/aromatic N) is 1. The zero-order valence-electron chi connectivity index (χ0n) is 17.6. The van der Waals surface area contributed by atoms with E-state index in [0.29, 0.717) is 37.1 Å². The molecule has 0 radical (unpaired) electrons. The Morgan fingerprint density at radius 2 is 1.70 bits per heavy atom. The van der Waals surface area contributed by atoms with Crippen LogP contribution in [0.4, 0.5) is 0 Å². The van der Waals surface area contributed by atoms with Gasteiger partial charge in [0.15, 0.2) is 23.0 Å². The predicted octanol–water partition coefficient (Wildman–Crippen LogP) is 1.75. The molecule has 4 rings (SSSR count). The SMILES string of the molecule is CCOc1ccc(C(=O)N2CC[NH+](Cc3ccc4c(c3)OCO4)CC2)cc1OCC. The minimum absolute atomic E-state index is 0.0427. The Labute approximate surface area is 177 Å². The lowest BCUT2D eigenvalue weighted by Crippen LogP contribution is -3.13. The van der Waals surface area contributed by atoms with E-state index in [-0.39, 0.29) is 5.91 Å². The van der Waals surface area contributed by atoms with Crippen molar-refractivity contribution in [3.63, 3.8) is 0 Å². The largest absolute Gasteiger partial charge is 0.490 e. The van der Waals surface area contributed by atoms with Crippen molar-refractivity contribution in [2.45, 2.75) is 20.4 Å². The van der Waals surface area contributed by atoms with E-state index in [4.69, 9.17) is 18.9 Å². The number of quaternary nitrogens is 1. The molecule has 7 heteroatoms. The Bertz CT molecular complexity index is 893. The molecule has 7 nitrogen and oxygen atoms in total. The van der Waals surface area contributed by atoms with Crippen LogP contribution < -0.4 is 23.8 Å². The normalized spacial score (nSPS) is 15.9. The number of carbonyl (C=O) groups is 1. The lowest BCUT2D eigenvalue weighted by Gasteiger charge is -2.32. The van der Waals surface area contributed by atoms with Gasteiger partial charge in [-0.05, 0) is 50.2 Å². The number of benzene rings is 2. The van der Waals surface area contributed by atoms with Crippen LogP contribution in [0.5, 0.6) is 23.0 Å². The van der Waals surface area contributed by atoms with Gasteiger partial charge in [-0.15, -0.1) is 0 Å². The molecule has 30 heavy (non-hydrogen) atoms. The fourth-order valence-electron chi connectivity index (χ4n) is 3.91. The number of piperazine rings is 1. The molecule has 2 aliphatic heterocycles. The number of carbonyl (C=O) groups excluding carboxylic acids is 1. The van der Waals surface area contributed by atoms with Crippen LogP contribution >= 0.6 is 0 Å². The molecule has 0 aromatic heterocycles. The van der Waals surface area contributed by atoms with Gasteiger partial charge in [-0.3, -0.25) is 4.79 Å². The number of rotatable bonds is 7. The molecule has 0 aliphatic carbocycles. The molecule has 2 heterocycles. The summed E-state index contributed by atoms with van der Waals surface area (Å²) in [5, 5.41) is 0. The van der Waals surface area contributed by atoms with Gasteiger partial charge in [0.25, 0.3) is 5.91 Å². The molecule has 2 aromatic carbocycles. The highest BCUT2D eigenvalue weighted by Gasteiger charge is 2.26. The van der Waals surface area contributed by atoms with Crippen LogP contribution in [0.15, 0.2) is 36.4 Å². The highest BCUT2D eigenvalue weighted by atomic mass is 16.7. The summed E-state index contributed by atoms with van der Waals surface area (Å²) < 4.78 is 22.1. The molecule has 1 fully saturated rings. The molecule has 0 saturated carbocycles. The third-order valence-electron chi connectivity index (χ3n) is 5.44. The molecule has 1 saturated heterocycles. The first-order chi connectivity index (χ1) is 14.7. The van der Waals surface area contributed by atoms with Crippen molar-refractivity contribution in [2.24, 2.45) is 0 Å². The van der Waals surface area contributed by atoms with Gasteiger partial charge in [0.2, 0.25) is 6.79 Å². The highest BCUT2D eigenvalue weighted by molar-refractivity contribution is 5.95. The third kappa shape index (κ3) is 4.46. The fraction of sp³-hybridized carbons (Fsp3) is 0.435. The van der Waals surface area contributed by atoms with Crippen LogP contribution in [0, 0.1) is 0 Å². The smallest absolute Gasteiger partial charge is 0.254 e. The molecule has 1 N–H and O–H groups in total. The molecule has 0 bridgehead atoms. The number of hydrogen-bond acceptors (Lipinski definition) is 5. The van der Waals surface area contributed by atoms with Crippen LogP contribution in [0.25, 0.3) is 0 Å². The minimum atomic E-state index is 0.0427. The molecule has 0 spiro atoms. The molecule has 160 valence electrons. The molecule has 0 unspecified atom stereocenters. The minimum Gasteiger partial charge on any atom is -0.490 e. The Hall–Kier alpha value is -2.93. The number of amides is 1.